The Hall–Kier alpha value is -2.69. The van der Waals surface area contributed by atoms with Gasteiger partial charge in [0.25, 0.3) is 11.8 Å². The molecule has 2 rings (SSSR count). The Labute approximate surface area is 155 Å². The largest absolute Gasteiger partial charge is 0.347 e. The lowest BCUT2D eigenvalue weighted by Crippen LogP contribution is -2.40. The van der Waals surface area contributed by atoms with Crippen LogP contribution in [0, 0.1) is 0 Å². The van der Waals surface area contributed by atoms with Gasteiger partial charge in [-0.05, 0) is 50.8 Å². The Morgan fingerprint density at radius 1 is 0.962 bits per heavy atom. The number of nitrogens with zero attached hydrogens (tertiary/aromatic N) is 1. The molecule has 0 bridgehead atoms. The van der Waals surface area contributed by atoms with Gasteiger partial charge in [-0.1, -0.05) is 32.0 Å². The zero-order valence-electron chi connectivity index (χ0n) is 16.1. The number of nitrogens with one attached hydrogen (secondary N) is 2. The molecular formula is C21H27N3O2. The Morgan fingerprint density at radius 2 is 1.50 bits per heavy atom. The van der Waals surface area contributed by atoms with Gasteiger partial charge in [-0.2, -0.15) is 0 Å². The number of carbonyl (C=O) groups is 2. The minimum Gasteiger partial charge on any atom is -0.347 e. The van der Waals surface area contributed by atoms with E-state index in [2.05, 4.69) is 29.5 Å². The number of para-hydroxylation sites is 1. The zero-order chi connectivity index (χ0) is 19.3. The minimum atomic E-state index is -0.356. The monoisotopic (exact) mass is 353 g/mol. The highest BCUT2D eigenvalue weighted by Gasteiger charge is 2.18. The summed E-state index contributed by atoms with van der Waals surface area (Å²) in [6.45, 7) is 9.83. The minimum absolute atomic E-state index is 0.247. The van der Waals surface area contributed by atoms with Crippen LogP contribution in [0.4, 0.5) is 5.69 Å². The third kappa shape index (κ3) is 4.91. The normalized spacial score (nSPS) is 11.1. The average Bonchev–Trinajstić information content (AvgIpc) is 2.60. The predicted octanol–water partition coefficient (Wildman–Crippen LogP) is 3.99. The summed E-state index contributed by atoms with van der Waals surface area (Å²) in [6, 6.07) is 7.61. The third-order valence-electron chi connectivity index (χ3n) is 3.99. The van der Waals surface area contributed by atoms with Crippen molar-refractivity contribution in [2.24, 2.45) is 0 Å². The molecule has 1 aromatic carbocycles. The molecule has 1 aromatic heterocycles. The van der Waals surface area contributed by atoms with Crippen LogP contribution in [-0.2, 0) is 12.8 Å². The molecule has 0 saturated carbocycles. The van der Waals surface area contributed by atoms with Crippen molar-refractivity contribution in [3.8, 4) is 0 Å². The molecule has 5 nitrogen and oxygen atoms in total. The molecule has 5 heteroatoms. The van der Waals surface area contributed by atoms with Crippen molar-refractivity contribution in [2.45, 2.75) is 53.0 Å². The van der Waals surface area contributed by atoms with E-state index < -0.39 is 0 Å². The second-order valence-electron chi connectivity index (χ2n) is 7.28. The Kier molecular flexibility index (Phi) is 6.14. The van der Waals surface area contributed by atoms with E-state index in [0.29, 0.717) is 11.1 Å². The lowest BCUT2D eigenvalue weighted by atomic mass is 10.0. The van der Waals surface area contributed by atoms with E-state index >= 15 is 0 Å². The molecule has 0 radical (unpaired) electrons. The molecule has 26 heavy (non-hydrogen) atoms. The number of amides is 2. The van der Waals surface area contributed by atoms with Gasteiger partial charge in [-0.15, -0.1) is 0 Å². The van der Waals surface area contributed by atoms with Crippen LogP contribution in [0.1, 0.15) is 66.5 Å². The van der Waals surface area contributed by atoms with Gasteiger partial charge < -0.3 is 10.6 Å². The first kappa shape index (κ1) is 19.6. The summed E-state index contributed by atoms with van der Waals surface area (Å²) in [7, 11) is 0. The highest BCUT2D eigenvalue weighted by Crippen LogP contribution is 2.23. The molecule has 0 unspecified atom stereocenters. The van der Waals surface area contributed by atoms with Crippen LogP contribution < -0.4 is 10.6 Å². The Bertz CT molecular complexity index is 785. The number of rotatable bonds is 5. The van der Waals surface area contributed by atoms with Crippen LogP contribution >= 0.6 is 0 Å². The van der Waals surface area contributed by atoms with Gasteiger partial charge in [0.1, 0.15) is 0 Å². The van der Waals surface area contributed by atoms with Crippen molar-refractivity contribution in [1.29, 1.82) is 0 Å². The molecule has 2 aromatic rings. The van der Waals surface area contributed by atoms with Crippen LogP contribution in [-0.4, -0.2) is 22.3 Å². The smallest absolute Gasteiger partial charge is 0.257 e. The van der Waals surface area contributed by atoms with Gasteiger partial charge in [0.05, 0.1) is 11.1 Å². The summed E-state index contributed by atoms with van der Waals surface area (Å²) in [5.41, 5.74) is 3.41. The van der Waals surface area contributed by atoms with Gasteiger partial charge >= 0.3 is 0 Å². The van der Waals surface area contributed by atoms with Crippen LogP contribution in [0.15, 0.2) is 36.7 Å². The van der Waals surface area contributed by atoms with E-state index in [1.54, 1.807) is 6.07 Å². The summed E-state index contributed by atoms with van der Waals surface area (Å²) in [5, 5.41) is 5.88. The molecule has 2 N–H and O–H groups in total. The van der Waals surface area contributed by atoms with E-state index in [-0.39, 0.29) is 17.4 Å². The van der Waals surface area contributed by atoms with Gasteiger partial charge in [-0.3, -0.25) is 14.6 Å². The number of aromatic nitrogens is 1. The first-order valence-corrected chi connectivity index (χ1v) is 8.94. The van der Waals surface area contributed by atoms with E-state index in [0.717, 1.165) is 29.7 Å². The standard InChI is InChI=1S/C21H27N3O2/c1-6-14-9-8-10-15(7-2)18(14)23-19(25)16-11-17(13-22-12-16)20(26)24-21(3,4)5/h8-13H,6-7H2,1-5H3,(H,23,25)(H,24,26). The maximum absolute atomic E-state index is 12.7. The number of anilines is 1. The lowest BCUT2D eigenvalue weighted by Gasteiger charge is -2.20. The molecule has 0 atom stereocenters. The number of aryl methyl sites for hydroxylation is 2. The van der Waals surface area contributed by atoms with Crippen molar-refractivity contribution in [2.75, 3.05) is 5.32 Å². The van der Waals surface area contributed by atoms with Crippen molar-refractivity contribution >= 4 is 17.5 Å². The van der Waals surface area contributed by atoms with E-state index in [1.807, 2.05) is 39.0 Å². The molecule has 1 heterocycles. The molecule has 0 aliphatic carbocycles. The molecule has 0 aliphatic rings. The molecule has 0 fully saturated rings. The van der Waals surface area contributed by atoms with E-state index in [4.69, 9.17) is 0 Å². The molecule has 0 aliphatic heterocycles. The fraction of sp³-hybridized carbons (Fsp3) is 0.381. The summed E-state index contributed by atoms with van der Waals surface area (Å²) in [4.78, 5) is 29.1. The maximum Gasteiger partial charge on any atom is 0.257 e. The average molecular weight is 353 g/mol. The second-order valence-corrected chi connectivity index (χ2v) is 7.28. The van der Waals surface area contributed by atoms with Gasteiger partial charge in [0, 0.05) is 23.6 Å². The van der Waals surface area contributed by atoms with Crippen LogP contribution in [0.25, 0.3) is 0 Å². The highest BCUT2D eigenvalue weighted by molar-refractivity contribution is 6.06. The van der Waals surface area contributed by atoms with Crippen molar-refractivity contribution in [3.05, 3.63) is 58.9 Å². The van der Waals surface area contributed by atoms with Gasteiger partial charge in [-0.25, -0.2) is 0 Å². The molecular weight excluding hydrogens is 326 g/mol. The van der Waals surface area contributed by atoms with Crippen molar-refractivity contribution < 1.29 is 9.59 Å². The van der Waals surface area contributed by atoms with Crippen LogP contribution in [0.2, 0.25) is 0 Å². The van der Waals surface area contributed by atoms with E-state index in [9.17, 15) is 9.59 Å². The fourth-order valence-corrected chi connectivity index (χ4v) is 2.69. The lowest BCUT2D eigenvalue weighted by molar-refractivity contribution is 0.0919. The first-order valence-electron chi connectivity index (χ1n) is 8.94. The number of carbonyl (C=O) groups excluding carboxylic acids is 2. The van der Waals surface area contributed by atoms with Crippen molar-refractivity contribution in [1.82, 2.24) is 10.3 Å². The number of pyridine rings is 1. The molecule has 0 spiro atoms. The first-order chi connectivity index (χ1) is 12.2. The Balaban J connectivity index is 2.27. The van der Waals surface area contributed by atoms with E-state index in [1.165, 1.54) is 12.4 Å². The molecule has 2 amide bonds. The van der Waals surface area contributed by atoms with Crippen LogP contribution in [0.3, 0.4) is 0 Å². The van der Waals surface area contributed by atoms with Crippen LogP contribution in [0.5, 0.6) is 0 Å². The summed E-state index contributed by atoms with van der Waals surface area (Å²) >= 11 is 0. The predicted molar refractivity (Wildman–Crippen MR) is 105 cm³/mol. The summed E-state index contributed by atoms with van der Waals surface area (Å²) in [6.07, 6.45) is 4.60. The molecule has 0 saturated heterocycles. The summed E-state index contributed by atoms with van der Waals surface area (Å²) < 4.78 is 0. The maximum atomic E-state index is 12.7. The van der Waals surface area contributed by atoms with Gasteiger partial charge in [0.2, 0.25) is 0 Å². The zero-order valence-corrected chi connectivity index (χ0v) is 16.1. The SMILES string of the molecule is CCc1cccc(CC)c1NC(=O)c1cncc(C(=O)NC(C)(C)C)c1. The number of hydrogen-bond acceptors (Lipinski definition) is 3. The quantitative estimate of drug-likeness (QED) is 0.854. The number of benzene rings is 1. The van der Waals surface area contributed by atoms with Gasteiger partial charge in [0.15, 0.2) is 0 Å². The summed E-state index contributed by atoms with van der Waals surface area (Å²) in [5.74, 6) is -0.513. The Morgan fingerprint density at radius 3 is 2.00 bits per heavy atom. The fourth-order valence-electron chi connectivity index (χ4n) is 2.69. The molecule has 138 valence electrons. The topological polar surface area (TPSA) is 71.1 Å². The number of hydrogen-bond donors (Lipinski definition) is 2. The third-order valence-corrected chi connectivity index (χ3v) is 3.99. The van der Waals surface area contributed by atoms with Crippen molar-refractivity contribution in [3.63, 3.8) is 0 Å². The second kappa shape index (κ2) is 8.13. The highest BCUT2D eigenvalue weighted by atomic mass is 16.2.